The largest absolute Gasteiger partial charge is 0.485 e. The highest BCUT2D eigenvalue weighted by Gasteiger charge is 2.26. The summed E-state index contributed by atoms with van der Waals surface area (Å²) in [6, 6.07) is 7.11. The molecule has 1 atom stereocenters. The number of rotatable bonds is 10. The highest BCUT2D eigenvalue weighted by atomic mass is 35.5. The van der Waals surface area contributed by atoms with Crippen LogP contribution in [0.2, 0.25) is 5.02 Å². The number of benzene rings is 1. The topological polar surface area (TPSA) is 74.5 Å². The normalized spacial score (nSPS) is 16.0. The molecule has 1 aliphatic rings. The van der Waals surface area contributed by atoms with Gasteiger partial charge in [0.25, 0.3) is 0 Å². The molecule has 0 amide bonds. The zero-order chi connectivity index (χ0) is 23.0. The summed E-state index contributed by atoms with van der Waals surface area (Å²) in [5.41, 5.74) is -0.518. The highest BCUT2D eigenvalue weighted by molar-refractivity contribution is 6.30. The van der Waals surface area contributed by atoms with Crippen LogP contribution in [0.3, 0.4) is 0 Å². The van der Waals surface area contributed by atoms with Gasteiger partial charge in [-0.1, -0.05) is 61.7 Å². The van der Waals surface area contributed by atoms with Crippen LogP contribution in [0.1, 0.15) is 96.2 Å². The molecule has 0 bridgehead atoms. The molecule has 3 rings (SSSR count). The van der Waals surface area contributed by atoms with Gasteiger partial charge in [-0.05, 0) is 57.4 Å². The molecule has 176 valence electrons. The highest BCUT2D eigenvalue weighted by Crippen LogP contribution is 2.31. The van der Waals surface area contributed by atoms with E-state index in [0.717, 1.165) is 18.8 Å². The van der Waals surface area contributed by atoms with Crippen molar-refractivity contribution < 1.29 is 18.8 Å². The molecule has 1 aromatic carbocycles. The van der Waals surface area contributed by atoms with Crippen molar-refractivity contribution in [1.29, 1.82) is 0 Å². The van der Waals surface area contributed by atoms with E-state index in [1.807, 2.05) is 20.8 Å². The van der Waals surface area contributed by atoms with E-state index in [2.05, 4.69) is 10.1 Å². The number of nitrogens with zero attached hydrogens (tertiary/aromatic N) is 2. The van der Waals surface area contributed by atoms with Crippen molar-refractivity contribution in [3.05, 3.63) is 41.0 Å². The molecule has 0 radical (unpaired) electrons. The lowest BCUT2D eigenvalue weighted by atomic mass is 9.84. The van der Waals surface area contributed by atoms with Crippen LogP contribution in [0.15, 0.2) is 28.8 Å². The fraction of sp³-hybridized carbons (Fsp3) is 0.640. The summed E-state index contributed by atoms with van der Waals surface area (Å²) in [4.78, 5) is 17.0. The Bertz CT molecular complexity index is 838. The lowest BCUT2D eigenvalue weighted by molar-refractivity contribution is -0.155. The van der Waals surface area contributed by atoms with E-state index in [1.165, 1.54) is 38.5 Å². The van der Waals surface area contributed by atoms with Crippen LogP contribution in [0.25, 0.3) is 0 Å². The van der Waals surface area contributed by atoms with Gasteiger partial charge in [0.15, 0.2) is 6.61 Å². The van der Waals surface area contributed by atoms with Gasteiger partial charge in [0.2, 0.25) is 11.7 Å². The summed E-state index contributed by atoms with van der Waals surface area (Å²) in [7, 11) is 0. The zero-order valence-electron chi connectivity index (χ0n) is 19.4. The summed E-state index contributed by atoms with van der Waals surface area (Å²) < 4.78 is 16.8. The van der Waals surface area contributed by atoms with Crippen LogP contribution < -0.4 is 4.74 Å². The molecule has 0 aliphatic heterocycles. The molecule has 1 saturated carbocycles. The molecule has 0 N–H and O–H groups in total. The molecule has 0 spiro atoms. The van der Waals surface area contributed by atoms with Crippen molar-refractivity contribution in [2.75, 3.05) is 0 Å². The first-order valence-electron chi connectivity index (χ1n) is 11.7. The number of hydrogen-bond donors (Lipinski definition) is 0. The van der Waals surface area contributed by atoms with Gasteiger partial charge in [-0.15, -0.1) is 0 Å². The van der Waals surface area contributed by atoms with E-state index < -0.39 is 5.60 Å². The minimum atomic E-state index is -0.518. The summed E-state index contributed by atoms with van der Waals surface area (Å²) in [5, 5.41) is 4.71. The lowest BCUT2D eigenvalue weighted by Crippen LogP contribution is -2.25. The maximum absolute atomic E-state index is 12.5. The third-order valence-electron chi connectivity index (χ3n) is 5.74. The second kappa shape index (κ2) is 11.7. The van der Waals surface area contributed by atoms with Crippen LogP contribution in [-0.2, 0) is 16.1 Å². The minimum Gasteiger partial charge on any atom is -0.485 e. The van der Waals surface area contributed by atoms with Gasteiger partial charge in [0.1, 0.15) is 11.4 Å². The Labute approximate surface area is 196 Å². The van der Waals surface area contributed by atoms with Gasteiger partial charge in [-0.3, -0.25) is 4.79 Å². The van der Waals surface area contributed by atoms with Crippen molar-refractivity contribution in [2.24, 2.45) is 5.92 Å². The maximum Gasteiger partial charge on any atom is 0.307 e. The Balaban J connectivity index is 1.59. The van der Waals surface area contributed by atoms with Crippen LogP contribution in [0.5, 0.6) is 5.75 Å². The Kier molecular flexibility index (Phi) is 8.97. The number of halogens is 1. The molecule has 32 heavy (non-hydrogen) atoms. The van der Waals surface area contributed by atoms with Crippen LogP contribution in [-0.4, -0.2) is 21.7 Å². The average Bonchev–Trinajstić information content (AvgIpc) is 3.21. The van der Waals surface area contributed by atoms with E-state index in [0.29, 0.717) is 22.5 Å². The number of hydrogen-bond acceptors (Lipinski definition) is 6. The maximum atomic E-state index is 12.5. The first-order valence-corrected chi connectivity index (χ1v) is 12.1. The Morgan fingerprint density at radius 3 is 2.59 bits per heavy atom. The second-order valence-corrected chi connectivity index (χ2v) is 10.2. The van der Waals surface area contributed by atoms with Crippen LogP contribution in [0, 0.1) is 5.92 Å². The number of carbonyl (C=O) groups is 1. The first kappa shape index (κ1) is 24.6. The molecule has 1 heterocycles. The first-order chi connectivity index (χ1) is 15.3. The molecule has 0 saturated heterocycles. The van der Waals surface area contributed by atoms with Crippen molar-refractivity contribution >= 4 is 17.6 Å². The fourth-order valence-corrected chi connectivity index (χ4v) is 4.32. The predicted octanol–water partition coefficient (Wildman–Crippen LogP) is 6.87. The van der Waals surface area contributed by atoms with Gasteiger partial charge in [-0.25, -0.2) is 0 Å². The van der Waals surface area contributed by atoms with Gasteiger partial charge in [-0.2, -0.15) is 4.98 Å². The monoisotopic (exact) mass is 462 g/mol. The van der Waals surface area contributed by atoms with Gasteiger partial charge in [0.05, 0.1) is 6.42 Å². The van der Waals surface area contributed by atoms with Gasteiger partial charge >= 0.3 is 5.97 Å². The summed E-state index contributed by atoms with van der Waals surface area (Å²) >= 11 is 5.91. The van der Waals surface area contributed by atoms with Crippen molar-refractivity contribution in [3.8, 4) is 5.75 Å². The quantitative estimate of drug-likeness (QED) is 0.358. The standard InChI is InChI=1S/C25H35ClN2O4/c1-25(2,3)31-23(29)16-19(11-7-10-18-8-5-4-6-9-18)24-27-22(28-32-24)17-30-21-14-12-20(26)13-15-21/h12-15,18-19H,4-11,16-17H2,1-3H3/t19-/m1/s1. The summed E-state index contributed by atoms with van der Waals surface area (Å²) in [5.74, 6) is 2.03. The molecule has 0 unspecified atom stereocenters. The van der Waals surface area contributed by atoms with E-state index in [9.17, 15) is 4.79 Å². The zero-order valence-corrected chi connectivity index (χ0v) is 20.2. The van der Waals surface area contributed by atoms with E-state index in [-0.39, 0.29) is 24.9 Å². The molecule has 1 aromatic heterocycles. The van der Waals surface area contributed by atoms with Crippen molar-refractivity contribution in [1.82, 2.24) is 10.1 Å². The third kappa shape index (κ3) is 8.45. The lowest BCUT2D eigenvalue weighted by Gasteiger charge is -2.23. The van der Waals surface area contributed by atoms with Crippen molar-refractivity contribution in [2.45, 2.75) is 96.7 Å². The third-order valence-corrected chi connectivity index (χ3v) is 5.99. The number of aromatic nitrogens is 2. The van der Waals surface area contributed by atoms with Crippen LogP contribution in [0.4, 0.5) is 0 Å². The molecule has 1 aliphatic carbocycles. The predicted molar refractivity (Wildman–Crippen MR) is 124 cm³/mol. The van der Waals surface area contributed by atoms with Gasteiger partial charge in [0, 0.05) is 10.9 Å². The number of carbonyl (C=O) groups excluding carboxylic acids is 1. The SMILES string of the molecule is CC(C)(C)OC(=O)C[C@@H](CCCC1CCCCC1)c1nc(COc2ccc(Cl)cc2)no1. The van der Waals surface area contributed by atoms with E-state index in [1.54, 1.807) is 24.3 Å². The van der Waals surface area contributed by atoms with Gasteiger partial charge < -0.3 is 14.0 Å². The Morgan fingerprint density at radius 2 is 1.91 bits per heavy atom. The molecule has 2 aromatic rings. The molecule has 6 nitrogen and oxygen atoms in total. The summed E-state index contributed by atoms with van der Waals surface area (Å²) in [6.07, 6.45) is 9.98. The smallest absolute Gasteiger partial charge is 0.307 e. The number of ether oxygens (including phenoxy) is 2. The minimum absolute atomic E-state index is 0.148. The fourth-order valence-electron chi connectivity index (χ4n) is 4.20. The molecule has 1 fully saturated rings. The van der Waals surface area contributed by atoms with E-state index in [4.69, 9.17) is 25.6 Å². The molecular weight excluding hydrogens is 428 g/mol. The Morgan fingerprint density at radius 1 is 1.19 bits per heavy atom. The number of esters is 1. The van der Waals surface area contributed by atoms with E-state index >= 15 is 0 Å². The Hall–Kier alpha value is -2.08. The average molecular weight is 463 g/mol. The molecular formula is C25H35ClN2O4. The molecule has 7 heteroatoms. The second-order valence-electron chi connectivity index (χ2n) is 9.71. The van der Waals surface area contributed by atoms with Crippen molar-refractivity contribution in [3.63, 3.8) is 0 Å². The van der Waals surface area contributed by atoms with Crippen LogP contribution >= 0.6 is 11.6 Å². The summed E-state index contributed by atoms with van der Waals surface area (Å²) in [6.45, 7) is 5.82.